The zero-order valence-corrected chi connectivity index (χ0v) is 13.4. The summed E-state index contributed by atoms with van der Waals surface area (Å²) < 4.78 is 1.21. The Bertz CT molecular complexity index is 860. The number of anilines is 1. The summed E-state index contributed by atoms with van der Waals surface area (Å²) in [4.78, 5) is 30.0. The Morgan fingerprint density at radius 3 is 2.88 bits per heavy atom. The highest BCUT2D eigenvalue weighted by Gasteiger charge is 2.39. The van der Waals surface area contributed by atoms with Gasteiger partial charge >= 0.3 is 11.2 Å². The van der Waals surface area contributed by atoms with Crippen LogP contribution in [0.25, 0.3) is 5.65 Å². The monoisotopic (exact) mass is 329 g/mol. The molecule has 1 N–H and O–H groups in total. The first-order chi connectivity index (χ1) is 11.5. The summed E-state index contributed by atoms with van der Waals surface area (Å²) in [6, 6.07) is 6.23. The SMILES string of the molecule is CC1CC(Nc2nc3ccccn3c(=O)c2[N+](=O)[O-])CN1C1CC1. The van der Waals surface area contributed by atoms with Gasteiger partial charge in [-0.1, -0.05) is 6.07 Å². The van der Waals surface area contributed by atoms with Gasteiger partial charge in [-0.3, -0.25) is 24.2 Å². The van der Waals surface area contributed by atoms with Crippen molar-refractivity contribution in [3.63, 3.8) is 0 Å². The van der Waals surface area contributed by atoms with Crippen LogP contribution in [0.5, 0.6) is 0 Å². The van der Waals surface area contributed by atoms with E-state index >= 15 is 0 Å². The molecule has 2 aromatic rings. The van der Waals surface area contributed by atoms with E-state index in [1.165, 1.54) is 23.4 Å². The van der Waals surface area contributed by atoms with Gasteiger partial charge in [0.15, 0.2) is 0 Å². The van der Waals surface area contributed by atoms with Gasteiger partial charge in [-0.05, 0) is 38.3 Å². The number of fused-ring (bicyclic) bond motifs is 1. The van der Waals surface area contributed by atoms with Gasteiger partial charge in [0, 0.05) is 30.9 Å². The molecule has 8 heteroatoms. The van der Waals surface area contributed by atoms with E-state index in [2.05, 4.69) is 22.1 Å². The number of nitrogens with one attached hydrogen (secondary N) is 1. The van der Waals surface area contributed by atoms with Crippen molar-refractivity contribution in [2.24, 2.45) is 0 Å². The molecule has 0 radical (unpaired) electrons. The highest BCUT2D eigenvalue weighted by molar-refractivity contribution is 5.60. The number of likely N-dealkylation sites (tertiary alicyclic amines) is 1. The first kappa shape index (κ1) is 15.1. The molecule has 0 aromatic carbocycles. The largest absolute Gasteiger partial charge is 0.376 e. The first-order valence-electron chi connectivity index (χ1n) is 8.22. The Morgan fingerprint density at radius 1 is 1.38 bits per heavy atom. The third-order valence-electron chi connectivity index (χ3n) is 4.87. The predicted octanol–water partition coefficient (Wildman–Crippen LogP) is 1.64. The summed E-state index contributed by atoms with van der Waals surface area (Å²) in [5, 5.41) is 14.6. The average Bonchev–Trinajstić information content (AvgIpc) is 3.31. The van der Waals surface area contributed by atoms with Crippen LogP contribution >= 0.6 is 0 Å². The van der Waals surface area contributed by atoms with E-state index in [0.717, 1.165) is 13.0 Å². The minimum atomic E-state index is -0.654. The third kappa shape index (κ3) is 2.52. The van der Waals surface area contributed by atoms with E-state index in [1.54, 1.807) is 18.2 Å². The van der Waals surface area contributed by atoms with Crippen LogP contribution < -0.4 is 10.9 Å². The van der Waals surface area contributed by atoms with Crippen molar-refractivity contribution in [1.29, 1.82) is 0 Å². The molecule has 126 valence electrons. The minimum Gasteiger partial charge on any atom is -0.360 e. The van der Waals surface area contributed by atoms with Crippen LogP contribution in [0.4, 0.5) is 11.5 Å². The van der Waals surface area contributed by atoms with Gasteiger partial charge in [0.1, 0.15) is 5.65 Å². The molecule has 24 heavy (non-hydrogen) atoms. The molecule has 4 rings (SSSR count). The van der Waals surface area contributed by atoms with Gasteiger partial charge in [-0.15, -0.1) is 0 Å². The number of pyridine rings is 1. The highest BCUT2D eigenvalue weighted by atomic mass is 16.6. The maximum Gasteiger partial charge on any atom is 0.376 e. The number of hydrogen-bond acceptors (Lipinski definition) is 6. The summed E-state index contributed by atoms with van der Waals surface area (Å²) >= 11 is 0. The Kier molecular flexibility index (Phi) is 3.49. The van der Waals surface area contributed by atoms with E-state index in [1.807, 2.05) is 0 Å². The molecule has 1 saturated heterocycles. The van der Waals surface area contributed by atoms with Crippen LogP contribution in [-0.2, 0) is 0 Å². The molecular formula is C16H19N5O3. The van der Waals surface area contributed by atoms with E-state index in [9.17, 15) is 14.9 Å². The zero-order chi connectivity index (χ0) is 16.8. The Balaban J connectivity index is 1.69. The molecule has 0 bridgehead atoms. The van der Waals surface area contributed by atoms with Gasteiger partial charge in [-0.25, -0.2) is 4.98 Å². The molecule has 8 nitrogen and oxygen atoms in total. The van der Waals surface area contributed by atoms with Crippen molar-refractivity contribution in [3.05, 3.63) is 44.9 Å². The van der Waals surface area contributed by atoms with Gasteiger partial charge in [-0.2, -0.15) is 0 Å². The summed E-state index contributed by atoms with van der Waals surface area (Å²) in [5.74, 6) is 0.0750. The second-order valence-electron chi connectivity index (χ2n) is 6.65. The van der Waals surface area contributed by atoms with Crippen molar-refractivity contribution in [2.45, 2.75) is 44.3 Å². The highest BCUT2D eigenvalue weighted by Crippen LogP contribution is 2.34. The first-order valence-corrected chi connectivity index (χ1v) is 8.22. The molecule has 1 aliphatic heterocycles. The van der Waals surface area contributed by atoms with Gasteiger partial charge in [0.05, 0.1) is 4.92 Å². The molecule has 3 heterocycles. The molecular weight excluding hydrogens is 310 g/mol. The van der Waals surface area contributed by atoms with Crippen LogP contribution in [0.3, 0.4) is 0 Å². The zero-order valence-electron chi connectivity index (χ0n) is 13.4. The minimum absolute atomic E-state index is 0.0670. The number of rotatable bonds is 4. The smallest absolute Gasteiger partial charge is 0.360 e. The molecule has 2 fully saturated rings. The Labute approximate surface area is 138 Å². The van der Waals surface area contributed by atoms with Crippen molar-refractivity contribution in [2.75, 3.05) is 11.9 Å². The van der Waals surface area contributed by atoms with Crippen molar-refractivity contribution in [3.8, 4) is 0 Å². The van der Waals surface area contributed by atoms with Crippen molar-refractivity contribution >= 4 is 17.2 Å². The fourth-order valence-corrected chi connectivity index (χ4v) is 3.61. The Morgan fingerprint density at radius 2 is 2.17 bits per heavy atom. The summed E-state index contributed by atoms with van der Waals surface area (Å²) in [5.41, 5.74) is -0.741. The molecule has 0 amide bonds. The summed E-state index contributed by atoms with van der Waals surface area (Å²) in [7, 11) is 0. The van der Waals surface area contributed by atoms with Gasteiger partial charge in [0.2, 0.25) is 5.82 Å². The number of hydrogen-bond donors (Lipinski definition) is 1. The molecule has 1 saturated carbocycles. The molecule has 2 unspecified atom stereocenters. The molecule has 2 atom stereocenters. The lowest BCUT2D eigenvalue weighted by Crippen LogP contribution is -2.31. The molecule has 1 aliphatic carbocycles. The van der Waals surface area contributed by atoms with Crippen LogP contribution in [-0.4, -0.2) is 43.9 Å². The van der Waals surface area contributed by atoms with Crippen molar-refractivity contribution < 1.29 is 4.92 Å². The lowest BCUT2D eigenvalue weighted by molar-refractivity contribution is -0.385. The van der Waals surface area contributed by atoms with Crippen LogP contribution in [0, 0.1) is 10.1 Å². The fourth-order valence-electron chi connectivity index (χ4n) is 3.61. The van der Waals surface area contributed by atoms with E-state index in [-0.39, 0.29) is 11.9 Å². The summed E-state index contributed by atoms with van der Waals surface area (Å²) in [6.07, 6.45) is 4.84. The van der Waals surface area contributed by atoms with Crippen LogP contribution in [0.15, 0.2) is 29.2 Å². The number of nitro groups is 1. The topological polar surface area (TPSA) is 92.8 Å². The summed E-state index contributed by atoms with van der Waals surface area (Å²) in [6.45, 7) is 3.01. The number of aromatic nitrogens is 2. The van der Waals surface area contributed by atoms with Crippen LogP contribution in [0.2, 0.25) is 0 Å². The predicted molar refractivity (Wildman–Crippen MR) is 89.3 cm³/mol. The Hall–Kier alpha value is -2.48. The quantitative estimate of drug-likeness (QED) is 0.677. The lowest BCUT2D eigenvalue weighted by atomic mass is 10.2. The van der Waals surface area contributed by atoms with E-state index in [4.69, 9.17) is 0 Å². The second kappa shape index (κ2) is 5.55. The van der Waals surface area contributed by atoms with Crippen molar-refractivity contribution in [1.82, 2.24) is 14.3 Å². The molecule has 0 spiro atoms. The van der Waals surface area contributed by atoms with E-state index in [0.29, 0.717) is 17.7 Å². The molecule has 2 aromatic heterocycles. The number of nitrogens with zero attached hydrogens (tertiary/aromatic N) is 4. The third-order valence-corrected chi connectivity index (χ3v) is 4.87. The fraction of sp³-hybridized carbons (Fsp3) is 0.500. The lowest BCUT2D eigenvalue weighted by Gasteiger charge is -2.19. The van der Waals surface area contributed by atoms with E-state index < -0.39 is 16.2 Å². The second-order valence-corrected chi connectivity index (χ2v) is 6.65. The standard InChI is InChI=1S/C16H19N5O3/c1-10-8-11(9-20(10)12-5-6-12)17-15-14(21(23)24)16(22)19-7-3-2-4-13(19)18-15/h2-4,7,10-12,17H,5-6,8-9H2,1H3. The average molecular weight is 329 g/mol. The molecule has 2 aliphatic rings. The maximum atomic E-state index is 12.4. The van der Waals surface area contributed by atoms with Crippen LogP contribution in [0.1, 0.15) is 26.2 Å². The maximum absolute atomic E-state index is 12.4. The normalized spacial score (nSPS) is 24.4. The van der Waals surface area contributed by atoms with Gasteiger partial charge < -0.3 is 5.32 Å². The van der Waals surface area contributed by atoms with Gasteiger partial charge in [0.25, 0.3) is 0 Å².